The van der Waals surface area contributed by atoms with Crippen molar-refractivity contribution in [1.82, 2.24) is 20.0 Å². The highest BCUT2D eigenvalue weighted by Crippen LogP contribution is 2.29. The SMILES string of the molecule is CCOC(=O)c1[nH]ncc1CN1CCCC(N2CCN(c3ccccc3OC)CC2)C1. The minimum absolute atomic E-state index is 0.323. The van der Waals surface area contributed by atoms with Crippen LogP contribution in [0.2, 0.25) is 0 Å². The van der Waals surface area contributed by atoms with E-state index in [9.17, 15) is 4.79 Å². The third-order valence-corrected chi connectivity index (χ3v) is 6.33. The van der Waals surface area contributed by atoms with E-state index in [1.54, 1.807) is 13.3 Å². The number of rotatable bonds is 7. The number of piperidine rings is 1. The van der Waals surface area contributed by atoms with Crippen LogP contribution in [0.3, 0.4) is 0 Å². The Morgan fingerprint density at radius 1 is 1.19 bits per heavy atom. The van der Waals surface area contributed by atoms with Gasteiger partial charge in [0.15, 0.2) is 0 Å². The van der Waals surface area contributed by atoms with Crippen molar-refractivity contribution in [3.63, 3.8) is 0 Å². The summed E-state index contributed by atoms with van der Waals surface area (Å²) in [5.74, 6) is 0.619. The van der Waals surface area contributed by atoms with Gasteiger partial charge in [0, 0.05) is 50.9 Å². The third kappa shape index (κ3) is 5.02. The maximum absolute atomic E-state index is 12.1. The van der Waals surface area contributed by atoms with E-state index in [1.807, 2.05) is 19.1 Å². The maximum atomic E-state index is 12.1. The number of aromatic amines is 1. The van der Waals surface area contributed by atoms with Crippen molar-refractivity contribution >= 4 is 11.7 Å². The highest BCUT2D eigenvalue weighted by molar-refractivity contribution is 5.88. The largest absolute Gasteiger partial charge is 0.495 e. The fraction of sp³-hybridized carbons (Fsp3) is 0.565. The van der Waals surface area contributed by atoms with Gasteiger partial charge in [0.25, 0.3) is 0 Å². The molecule has 31 heavy (non-hydrogen) atoms. The number of carbonyl (C=O) groups is 1. The Balaban J connectivity index is 1.33. The molecule has 8 nitrogen and oxygen atoms in total. The number of hydrogen-bond acceptors (Lipinski definition) is 7. The Morgan fingerprint density at radius 2 is 2.00 bits per heavy atom. The van der Waals surface area contributed by atoms with Gasteiger partial charge in [-0.05, 0) is 38.4 Å². The molecule has 168 valence electrons. The molecule has 2 aliphatic rings. The number of nitrogens with one attached hydrogen (secondary N) is 1. The maximum Gasteiger partial charge on any atom is 0.356 e. The Bertz CT molecular complexity index is 862. The minimum atomic E-state index is -0.323. The number of methoxy groups -OCH3 is 1. The summed E-state index contributed by atoms with van der Waals surface area (Å²) >= 11 is 0. The summed E-state index contributed by atoms with van der Waals surface area (Å²) < 4.78 is 10.7. The fourth-order valence-electron chi connectivity index (χ4n) is 4.74. The summed E-state index contributed by atoms with van der Waals surface area (Å²) in [6, 6.07) is 8.81. The Hall–Kier alpha value is -2.58. The summed E-state index contributed by atoms with van der Waals surface area (Å²) in [6.45, 7) is 9.08. The van der Waals surface area contributed by atoms with Crippen LogP contribution < -0.4 is 9.64 Å². The minimum Gasteiger partial charge on any atom is -0.495 e. The molecule has 2 aliphatic heterocycles. The number of benzene rings is 1. The van der Waals surface area contributed by atoms with Gasteiger partial charge in [0.2, 0.25) is 0 Å². The number of carbonyl (C=O) groups excluding carboxylic acids is 1. The van der Waals surface area contributed by atoms with Crippen molar-refractivity contribution in [3.05, 3.63) is 41.7 Å². The Morgan fingerprint density at radius 3 is 2.77 bits per heavy atom. The molecule has 0 radical (unpaired) electrons. The van der Waals surface area contributed by atoms with Crippen molar-refractivity contribution < 1.29 is 14.3 Å². The molecule has 0 saturated carbocycles. The Kier molecular flexibility index (Phi) is 7.09. The monoisotopic (exact) mass is 427 g/mol. The van der Waals surface area contributed by atoms with E-state index < -0.39 is 0 Å². The van der Waals surface area contributed by atoms with Crippen molar-refractivity contribution in [2.45, 2.75) is 32.4 Å². The van der Waals surface area contributed by atoms with Crippen LogP contribution in [-0.4, -0.2) is 85.0 Å². The molecule has 0 bridgehead atoms. The quantitative estimate of drug-likeness (QED) is 0.680. The summed E-state index contributed by atoms with van der Waals surface area (Å²) in [5, 5.41) is 6.88. The van der Waals surface area contributed by atoms with Gasteiger partial charge in [0.1, 0.15) is 11.4 Å². The molecule has 8 heteroatoms. The van der Waals surface area contributed by atoms with Gasteiger partial charge < -0.3 is 14.4 Å². The number of H-pyrrole nitrogens is 1. The van der Waals surface area contributed by atoms with E-state index >= 15 is 0 Å². The molecule has 1 atom stereocenters. The fourth-order valence-corrected chi connectivity index (χ4v) is 4.74. The molecule has 2 fully saturated rings. The predicted octanol–water partition coefficient (Wildman–Crippen LogP) is 2.38. The van der Waals surface area contributed by atoms with Crippen molar-refractivity contribution in [2.24, 2.45) is 0 Å². The summed E-state index contributed by atoms with van der Waals surface area (Å²) in [5.41, 5.74) is 2.58. The van der Waals surface area contributed by atoms with Crippen LogP contribution in [0, 0.1) is 0 Å². The van der Waals surface area contributed by atoms with E-state index in [1.165, 1.54) is 18.5 Å². The van der Waals surface area contributed by atoms with Gasteiger partial charge in [-0.1, -0.05) is 12.1 Å². The molecule has 2 saturated heterocycles. The summed E-state index contributed by atoms with van der Waals surface area (Å²) in [7, 11) is 1.74. The van der Waals surface area contributed by atoms with Gasteiger partial charge in [-0.2, -0.15) is 5.10 Å². The lowest BCUT2D eigenvalue weighted by Crippen LogP contribution is -2.55. The first-order valence-electron chi connectivity index (χ1n) is 11.2. The van der Waals surface area contributed by atoms with Gasteiger partial charge in [-0.15, -0.1) is 0 Å². The summed E-state index contributed by atoms with van der Waals surface area (Å²) in [4.78, 5) is 19.6. The number of hydrogen-bond donors (Lipinski definition) is 1. The topological polar surface area (TPSA) is 73.9 Å². The normalized spacial score (nSPS) is 20.6. The van der Waals surface area contributed by atoms with Gasteiger partial charge >= 0.3 is 5.97 Å². The molecule has 2 aromatic rings. The van der Waals surface area contributed by atoms with Crippen LogP contribution in [0.4, 0.5) is 5.69 Å². The molecule has 1 aromatic heterocycles. The van der Waals surface area contributed by atoms with Crippen LogP contribution in [0.25, 0.3) is 0 Å². The first kappa shape index (κ1) is 21.6. The number of anilines is 1. The van der Waals surface area contributed by atoms with Gasteiger partial charge in [0.05, 0.1) is 25.6 Å². The number of ether oxygens (including phenoxy) is 2. The lowest BCUT2D eigenvalue weighted by atomic mass is 10.0. The molecule has 1 unspecified atom stereocenters. The van der Waals surface area contributed by atoms with E-state index in [0.717, 1.165) is 57.1 Å². The van der Waals surface area contributed by atoms with Crippen molar-refractivity contribution in [1.29, 1.82) is 0 Å². The van der Waals surface area contributed by atoms with Crippen LogP contribution >= 0.6 is 0 Å². The van der Waals surface area contributed by atoms with E-state index in [-0.39, 0.29) is 5.97 Å². The molecule has 1 aromatic carbocycles. The van der Waals surface area contributed by atoms with Crippen LogP contribution in [-0.2, 0) is 11.3 Å². The molecule has 3 heterocycles. The molecular weight excluding hydrogens is 394 g/mol. The average molecular weight is 428 g/mol. The second kappa shape index (κ2) is 10.2. The number of nitrogens with zero attached hydrogens (tertiary/aromatic N) is 4. The van der Waals surface area contributed by atoms with Crippen LogP contribution in [0.15, 0.2) is 30.5 Å². The lowest BCUT2D eigenvalue weighted by Gasteiger charge is -2.44. The van der Waals surface area contributed by atoms with Crippen LogP contribution in [0.1, 0.15) is 35.8 Å². The number of para-hydroxylation sites is 2. The third-order valence-electron chi connectivity index (χ3n) is 6.33. The zero-order chi connectivity index (χ0) is 21.6. The summed E-state index contributed by atoms with van der Waals surface area (Å²) in [6.07, 6.45) is 4.15. The lowest BCUT2D eigenvalue weighted by molar-refractivity contribution is 0.0514. The smallest absolute Gasteiger partial charge is 0.356 e. The number of aromatic nitrogens is 2. The zero-order valence-electron chi connectivity index (χ0n) is 18.5. The highest BCUT2D eigenvalue weighted by Gasteiger charge is 2.29. The first-order chi connectivity index (χ1) is 15.2. The Labute approximate surface area is 184 Å². The van der Waals surface area contributed by atoms with E-state index in [0.29, 0.717) is 18.3 Å². The molecule has 0 spiro atoms. The predicted molar refractivity (Wildman–Crippen MR) is 120 cm³/mol. The number of piperazine rings is 1. The van der Waals surface area contributed by atoms with Gasteiger partial charge in [-0.25, -0.2) is 4.79 Å². The van der Waals surface area contributed by atoms with Crippen LogP contribution in [0.5, 0.6) is 5.75 Å². The highest BCUT2D eigenvalue weighted by atomic mass is 16.5. The average Bonchev–Trinajstić information content (AvgIpc) is 3.28. The second-order valence-corrected chi connectivity index (χ2v) is 8.22. The molecular formula is C23H33N5O3. The molecule has 0 aliphatic carbocycles. The zero-order valence-corrected chi connectivity index (χ0v) is 18.5. The van der Waals surface area contributed by atoms with E-state index in [2.05, 4.69) is 37.0 Å². The van der Waals surface area contributed by atoms with Crippen molar-refractivity contribution in [3.8, 4) is 5.75 Å². The standard InChI is InChI=1S/C23H33N5O3/c1-3-31-23(29)22-18(15-24-25-22)16-26-10-6-7-19(17-26)27-11-13-28(14-12-27)20-8-4-5-9-21(20)30-2/h4-5,8-9,15,19H,3,6-7,10-14,16-17H2,1-2H3,(H,24,25). The second-order valence-electron chi connectivity index (χ2n) is 8.22. The van der Waals surface area contributed by atoms with Gasteiger partial charge in [-0.3, -0.25) is 14.9 Å². The number of esters is 1. The first-order valence-corrected chi connectivity index (χ1v) is 11.2. The molecule has 1 N–H and O–H groups in total. The number of likely N-dealkylation sites (tertiary alicyclic amines) is 1. The molecule has 0 amide bonds. The molecule has 4 rings (SSSR count). The van der Waals surface area contributed by atoms with E-state index in [4.69, 9.17) is 9.47 Å². The van der Waals surface area contributed by atoms with Crippen molar-refractivity contribution in [2.75, 3.05) is 57.9 Å².